The van der Waals surface area contributed by atoms with Crippen LogP contribution in [0.4, 0.5) is 0 Å². The summed E-state index contributed by atoms with van der Waals surface area (Å²) in [4.78, 5) is 0. The van der Waals surface area contributed by atoms with Crippen LogP contribution in [0.5, 0.6) is 5.75 Å². The fourth-order valence-electron chi connectivity index (χ4n) is 3.11. The van der Waals surface area contributed by atoms with Crippen LogP contribution in [0.15, 0.2) is 6.07 Å². The van der Waals surface area contributed by atoms with Crippen LogP contribution < -0.4 is 15.4 Å². The van der Waals surface area contributed by atoms with Gasteiger partial charge in [-0.1, -0.05) is 0 Å². The minimum atomic E-state index is 0.0173. The summed E-state index contributed by atoms with van der Waals surface area (Å²) in [5.41, 5.74) is 5.31. The fraction of sp³-hybridized carbons (Fsp3) is 0.600. The van der Waals surface area contributed by atoms with Crippen LogP contribution in [-0.4, -0.2) is 26.7 Å². The van der Waals surface area contributed by atoms with Gasteiger partial charge in [-0.2, -0.15) is 0 Å². The molecule has 1 saturated heterocycles. The zero-order valence-corrected chi connectivity index (χ0v) is 12.1. The summed E-state index contributed by atoms with van der Waals surface area (Å²) in [6, 6.07) is 2.15. The van der Waals surface area contributed by atoms with E-state index in [1.165, 1.54) is 22.3 Å². The van der Waals surface area contributed by atoms with Crippen molar-refractivity contribution < 1.29 is 4.74 Å². The van der Waals surface area contributed by atoms with Gasteiger partial charge in [0.05, 0.1) is 12.6 Å². The molecular weight excluding hydrogens is 224 g/mol. The molecule has 1 aliphatic rings. The highest BCUT2D eigenvalue weighted by Gasteiger charge is 2.32. The first-order valence-corrected chi connectivity index (χ1v) is 6.60. The summed E-state index contributed by atoms with van der Waals surface area (Å²) in [7, 11) is 1.74. The molecule has 3 heteroatoms. The maximum Gasteiger partial charge on any atom is 0.122 e. The molecule has 2 N–H and O–H groups in total. The van der Waals surface area contributed by atoms with Gasteiger partial charge >= 0.3 is 0 Å². The van der Waals surface area contributed by atoms with Crippen molar-refractivity contribution in [3.63, 3.8) is 0 Å². The molecule has 0 spiro atoms. The van der Waals surface area contributed by atoms with E-state index in [0.717, 1.165) is 25.4 Å². The maximum absolute atomic E-state index is 5.45. The number of ether oxygens (including phenoxy) is 1. The summed E-state index contributed by atoms with van der Waals surface area (Å²) in [5, 5.41) is 7.14. The van der Waals surface area contributed by atoms with E-state index in [1.54, 1.807) is 7.11 Å². The first-order chi connectivity index (χ1) is 8.49. The molecule has 1 aromatic carbocycles. The third kappa shape index (κ3) is 2.13. The number of piperazine rings is 1. The van der Waals surface area contributed by atoms with E-state index in [4.69, 9.17) is 4.74 Å². The van der Waals surface area contributed by atoms with Crippen LogP contribution in [0.1, 0.15) is 29.2 Å². The van der Waals surface area contributed by atoms with Gasteiger partial charge in [0.2, 0.25) is 0 Å². The van der Waals surface area contributed by atoms with Crippen molar-refractivity contribution in [3.8, 4) is 5.75 Å². The van der Waals surface area contributed by atoms with E-state index >= 15 is 0 Å². The molecule has 0 saturated carbocycles. The lowest BCUT2D eigenvalue weighted by Gasteiger charge is -2.38. The van der Waals surface area contributed by atoms with Gasteiger partial charge < -0.3 is 15.4 Å². The molecule has 1 aliphatic heterocycles. The van der Waals surface area contributed by atoms with Gasteiger partial charge in [-0.3, -0.25) is 0 Å². The van der Waals surface area contributed by atoms with Crippen LogP contribution in [0.3, 0.4) is 0 Å². The van der Waals surface area contributed by atoms with Gasteiger partial charge in [0.15, 0.2) is 0 Å². The highest BCUT2D eigenvalue weighted by atomic mass is 16.5. The van der Waals surface area contributed by atoms with Crippen LogP contribution in [0, 0.1) is 20.8 Å². The van der Waals surface area contributed by atoms with Crippen LogP contribution in [0.25, 0.3) is 0 Å². The van der Waals surface area contributed by atoms with Crippen molar-refractivity contribution in [3.05, 3.63) is 28.3 Å². The second-order valence-electron chi connectivity index (χ2n) is 5.46. The molecule has 0 radical (unpaired) electrons. The van der Waals surface area contributed by atoms with Crippen molar-refractivity contribution >= 4 is 0 Å². The number of methoxy groups -OCH3 is 1. The number of nitrogens with one attached hydrogen (secondary N) is 2. The molecule has 2 rings (SSSR count). The Morgan fingerprint density at radius 2 is 1.89 bits per heavy atom. The number of benzene rings is 1. The molecule has 18 heavy (non-hydrogen) atoms. The van der Waals surface area contributed by atoms with Gasteiger partial charge in [-0.15, -0.1) is 0 Å². The molecule has 0 aliphatic carbocycles. The molecule has 1 unspecified atom stereocenters. The predicted octanol–water partition coefficient (Wildman–Crippen LogP) is 2.03. The van der Waals surface area contributed by atoms with E-state index in [9.17, 15) is 0 Å². The fourth-order valence-corrected chi connectivity index (χ4v) is 3.11. The average molecular weight is 248 g/mol. The minimum Gasteiger partial charge on any atom is -0.496 e. The Balaban J connectivity index is 2.53. The van der Waals surface area contributed by atoms with E-state index in [-0.39, 0.29) is 5.54 Å². The minimum absolute atomic E-state index is 0.0173. The Kier molecular flexibility index (Phi) is 3.64. The second-order valence-corrected chi connectivity index (χ2v) is 5.46. The Hall–Kier alpha value is -1.06. The SMILES string of the molecule is COc1cc(C)c(C2(C)CNCCN2)c(C)c1C. The molecular formula is C15H24N2O. The summed E-state index contributed by atoms with van der Waals surface area (Å²) < 4.78 is 5.45. The van der Waals surface area contributed by atoms with Crippen LogP contribution in [0.2, 0.25) is 0 Å². The first-order valence-electron chi connectivity index (χ1n) is 6.60. The number of aryl methyl sites for hydroxylation is 1. The number of hydrogen-bond donors (Lipinski definition) is 2. The van der Waals surface area contributed by atoms with E-state index in [1.807, 2.05) is 0 Å². The number of hydrogen-bond acceptors (Lipinski definition) is 3. The molecule has 1 atom stereocenters. The average Bonchev–Trinajstić information content (AvgIpc) is 2.34. The molecule has 1 fully saturated rings. The molecule has 0 aromatic heterocycles. The molecule has 0 bridgehead atoms. The summed E-state index contributed by atoms with van der Waals surface area (Å²) in [6.45, 7) is 11.8. The zero-order valence-electron chi connectivity index (χ0n) is 12.1. The van der Waals surface area contributed by atoms with Crippen molar-refractivity contribution in [1.82, 2.24) is 10.6 Å². The summed E-state index contributed by atoms with van der Waals surface area (Å²) in [6.07, 6.45) is 0. The van der Waals surface area contributed by atoms with Crippen molar-refractivity contribution in [2.24, 2.45) is 0 Å². The van der Waals surface area contributed by atoms with Gasteiger partial charge in [0.25, 0.3) is 0 Å². The summed E-state index contributed by atoms with van der Waals surface area (Å²) in [5.74, 6) is 0.987. The van der Waals surface area contributed by atoms with E-state index in [2.05, 4.69) is 44.4 Å². The quantitative estimate of drug-likeness (QED) is 0.840. The molecule has 0 amide bonds. The smallest absolute Gasteiger partial charge is 0.122 e. The van der Waals surface area contributed by atoms with Gasteiger partial charge in [0.1, 0.15) is 5.75 Å². The van der Waals surface area contributed by atoms with Gasteiger partial charge in [-0.05, 0) is 56.0 Å². The molecule has 3 nitrogen and oxygen atoms in total. The van der Waals surface area contributed by atoms with Crippen molar-refractivity contribution in [1.29, 1.82) is 0 Å². The van der Waals surface area contributed by atoms with E-state index in [0.29, 0.717) is 0 Å². The lowest BCUT2D eigenvalue weighted by atomic mass is 9.82. The Bertz CT molecular complexity index is 448. The monoisotopic (exact) mass is 248 g/mol. The standard InChI is InChI=1S/C15H24N2O/c1-10-8-13(18-5)11(2)12(3)14(10)15(4)9-16-6-7-17-15/h8,16-17H,6-7,9H2,1-5H3. The normalized spacial score (nSPS) is 24.1. The third-order valence-corrected chi connectivity index (χ3v) is 4.12. The van der Waals surface area contributed by atoms with Gasteiger partial charge in [0, 0.05) is 19.6 Å². The lowest BCUT2D eigenvalue weighted by molar-refractivity contribution is 0.300. The topological polar surface area (TPSA) is 33.3 Å². The maximum atomic E-state index is 5.45. The Morgan fingerprint density at radius 3 is 2.44 bits per heavy atom. The lowest BCUT2D eigenvalue weighted by Crippen LogP contribution is -2.55. The zero-order chi connectivity index (χ0) is 13.3. The number of rotatable bonds is 2. The van der Waals surface area contributed by atoms with Crippen molar-refractivity contribution in [2.75, 3.05) is 26.7 Å². The van der Waals surface area contributed by atoms with Crippen LogP contribution >= 0.6 is 0 Å². The summed E-state index contributed by atoms with van der Waals surface area (Å²) >= 11 is 0. The Morgan fingerprint density at radius 1 is 1.17 bits per heavy atom. The van der Waals surface area contributed by atoms with Crippen LogP contribution in [-0.2, 0) is 5.54 Å². The molecule has 1 aromatic rings. The Labute approximate surface area is 110 Å². The first kappa shape index (κ1) is 13.4. The largest absolute Gasteiger partial charge is 0.496 e. The second kappa shape index (κ2) is 4.90. The van der Waals surface area contributed by atoms with Gasteiger partial charge in [-0.25, -0.2) is 0 Å². The van der Waals surface area contributed by atoms with Crippen molar-refractivity contribution in [2.45, 2.75) is 33.2 Å². The third-order valence-electron chi connectivity index (χ3n) is 4.12. The highest BCUT2D eigenvalue weighted by molar-refractivity contribution is 5.51. The molecule has 1 heterocycles. The molecule has 100 valence electrons. The van der Waals surface area contributed by atoms with E-state index < -0.39 is 0 Å². The predicted molar refractivity (Wildman–Crippen MR) is 75.4 cm³/mol. The highest BCUT2D eigenvalue weighted by Crippen LogP contribution is 2.34.